The molecule has 8 bridgehead atoms. The fraction of sp³-hybridized carbons (Fsp3) is 0.542. The van der Waals surface area contributed by atoms with E-state index >= 15 is 0 Å². The fourth-order valence-electron chi connectivity index (χ4n) is 11.6. The lowest BCUT2D eigenvalue weighted by Gasteiger charge is -2.12. The Morgan fingerprint density at radius 3 is 0.446 bits per heavy atom. The maximum atomic E-state index is 12.3. The van der Waals surface area contributed by atoms with Gasteiger partial charge in [-0.15, -0.1) is 0 Å². The molecule has 600 valence electrons. The number of rotatable bonds is 4. The van der Waals surface area contributed by atoms with E-state index in [1.54, 1.807) is 48.5 Å². The van der Waals surface area contributed by atoms with Gasteiger partial charge in [-0.3, -0.25) is 0 Å². The second kappa shape index (κ2) is 63.3. The summed E-state index contributed by atoms with van der Waals surface area (Å²) in [6, 6.07) is 21.0. The van der Waals surface area contributed by atoms with Crippen molar-refractivity contribution in [3.63, 3.8) is 0 Å². The topological polar surface area (TPSA) is 179 Å². The second-order valence-electron chi connectivity index (χ2n) is 27.3. The molecule has 0 atom stereocenters. The molecular formula is C96H120O16. The minimum absolute atomic E-state index is 0.416. The maximum Gasteiger partial charge on any atom is 0.338 e. The van der Waals surface area contributed by atoms with Crippen molar-refractivity contribution in [3.8, 4) is 141 Å². The van der Waals surface area contributed by atoms with E-state index in [1.807, 2.05) is 24.3 Å². The number of carbonyl (C=O) groups excluding carboxylic acids is 4. The van der Waals surface area contributed by atoms with Gasteiger partial charge in [0.2, 0.25) is 0 Å². The molecular weight excluding hydrogens is 1410 g/mol. The SMILES string of the molecule is COC(=O)c1cc2cc(c1)OCCCCCCC#CC#CCCCCCCOc1cc(cc(C(=O)OC)c1)OCCCCCCC#CC#CCCCCCCO2.COC(=O)c1cc2cc(c1)OCCCCCCC#CC#CCCCCCCOc1cc(cc(C(=O)OC)c1)OCCCCCCC#CC#CCCCCCCO2. The molecule has 2 heterocycles. The van der Waals surface area contributed by atoms with Gasteiger partial charge >= 0.3 is 23.9 Å². The molecule has 0 unspecified atom stereocenters. The number of hydrogen-bond donors (Lipinski definition) is 0. The minimum Gasteiger partial charge on any atom is -0.493 e. The van der Waals surface area contributed by atoms with E-state index in [0.29, 0.717) is 121 Å². The highest BCUT2D eigenvalue weighted by Crippen LogP contribution is 2.29. The zero-order valence-electron chi connectivity index (χ0n) is 67.4. The van der Waals surface area contributed by atoms with Gasteiger partial charge in [-0.25, -0.2) is 19.2 Å². The summed E-state index contributed by atoms with van der Waals surface area (Å²) in [4.78, 5) is 49.0. The molecule has 0 aromatic heterocycles. The number of benzene rings is 4. The van der Waals surface area contributed by atoms with Gasteiger partial charge in [-0.2, -0.15) is 0 Å². The van der Waals surface area contributed by atoms with Crippen molar-refractivity contribution in [2.75, 3.05) is 81.3 Å². The number of esters is 4. The number of carbonyl (C=O) groups is 4. The molecule has 0 saturated heterocycles. The molecule has 0 spiro atoms. The molecule has 0 amide bonds. The third-order valence-electron chi connectivity index (χ3n) is 17.9. The molecule has 0 aliphatic carbocycles. The molecule has 4 aromatic carbocycles. The summed E-state index contributed by atoms with van der Waals surface area (Å²) in [5, 5.41) is 0. The zero-order valence-corrected chi connectivity index (χ0v) is 67.4. The van der Waals surface area contributed by atoms with E-state index < -0.39 is 23.9 Å². The van der Waals surface area contributed by atoms with Crippen LogP contribution in [0.1, 0.15) is 298 Å². The highest BCUT2D eigenvalue weighted by molar-refractivity contribution is 5.92. The van der Waals surface area contributed by atoms with Gasteiger partial charge in [0, 0.05) is 75.6 Å². The van der Waals surface area contributed by atoms with Crippen LogP contribution in [0.15, 0.2) is 72.8 Å². The number of fused-ring (bicyclic) bond motifs is 8. The Bertz CT molecular complexity index is 3220. The van der Waals surface area contributed by atoms with Crippen LogP contribution in [0, 0.1) is 94.7 Å². The van der Waals surface area contributed by atoms with Gasteiger partial charge in [-0.05, 0) is 199 Å². The monoisotopic (exact) mass is 1530 g/mol. The second-order valence-corrected chi connectivity index (χ2v) is 27.3. The molecule has 16 nitrogen and oxygen atoms in total. The standard InChI is InChI=1S/2C48H60O8/c2*1-51-47(49)41-35-43-39-44(36-41)54-32-28-24-20-16-12-8-4-6-10-14-18-22-26-30-34-56-46-38-42(48(50)52-2)37-45(40-46)55-33-29-25-21-17-13-9-5-3-7-11-15-19-23-27-31-53-43/h2*35-40H,11-34H2,1-2H3. The zero-order chi connectivity index (χ0) is 79.5. The molecule has 2 aliphatic rings. The summed E-state index contributed by atoms with van der Waals surface area (Å²) < 4.78 is 67.7. The van der Waals surface area contributed by atoms with E-state index in [9.17, 15) is 19.2 Å². The van der Waals surface area contributed by atoms with Gasteiger partial charge in [0.15, 0.2) is 0 Å². The number of hydrogen-bond acceptors (Lipinski definition) is 16. The number of methoxy groups -OCH3 is 4. The van der Waals surface area contributed by atoms with E-state index in [0.717, 1.165) is 257 Å². The lowest BCUT2D eigenvalue weighted by Crippen LogP contribution is -2.05. The molecule has 112 heavy (non-hydrogen) atoms. The first-order chi connectivity index (χ1) is 55.2. The van der Waals surface area contributed by atoms with E-state index in [4.69, 9.17) is 56.8 Å². The van der Waals surface area contributed by atoms with Crippen LogP contribution in [0.2, 0.25) is 0 Å². The summed E-state index contributed by atoms with van der Waals surface area (Å²) in [6.07, 6.45) is 38.9. The fourth-order valence-corrected chi connectivity index (χ4v) is 11.6. The van der Waals surface area contributed by atoms with Crippen molar-refractivity contribution in [2.24, 2.45) is 0 Å². The van der Waals surface area contributed by atoms with Crippen LogP contribution in [-0.2, 0) is 18.9 Å². The minimum atomic E-state index is -0.416. The van der Waals surface area contributed by atoms with Crippen LogP contribution in [0.25, 0.3) is 0 Å². The van der Waals surface area contributed by atoms with Crippen molar-refractivity contribution >= 4 is 23.9 Å². The van der Waals surface area contributed by atoms with Crippen molar-refractivity contribution in [1.29, 1.82) is 0 Å². The average Bonchev–Trinajstić information content (AvgIpc) is 0.876. The Morgan fingerprint density at radius 1 is 0.196 bits per heavy atom. The molecule has 6 rings (SSSR count). The van der Waals surface area contributed by atoms with Crippen LogP contribution >= 0.6 is 0 Å². The summed E-state index contributed by atoms with van der Waals surface area (Å²) >= 11 is 0. The predicted octanol–water partition coefficient (Wildman–Crippen LogP) is 20.6. The summed E-state index contributed by atoms with van der Waals surface area (Å²) in [7, 11) is 5.49. The van der Waals surface area contributed by atoms with Gasteiger partial charge in [-0.1, -0.05) is 150 Å². The third kappa shape index (κ3) is 45.7. The largest absolute Gasteiger partial charge is 0.493 e. The smallest absolute Gasteiger partial charge is 0.338 e. The molecule has 0 saturated carbocycles. The van der Waals surface area contributed by atoms with Crippen molar-refractivity contribution in [2.45, 2.75) is 257 Å². The first-order valence-electron chi connectivity index (χ1n) is 41.0. The summed E-state index contributed by atoms with van der Waals surface area (Å²) in [5.41, 5.74) is 1.67. The molecule has 4 aromatic rings. The normalized spacial score (nSPS) is 16.5. The Balaban J connectivity index is 0.000000400. The van der Waals surface area contributed by atoms with Crippen molar-refractivity contribution in [1.82, 2.24) is 0 Å². The Hall–Kier alpha value is -10.4. The van der Waals surface area contributed by atoms with Gasteiger partial charge in [0.25, 0.3) is 0 Å². The highest BCUT2D eigenvalue weighted by atomic mass is 16.5. The summed E-state index contributed by atoms with van der Waals surface area (Å²) in [5.74, 6) is 52.4. The van der Waals surface area contributed by atoms with Crippen LogP contribution in [0.4, 0.5) is 0 Å². The van der Waals surface area contributed by atoms with Gasteiger partial charge in [0.1, 0.15) is 46.0 Å². The van der Waals surface area contributed by atoms with Gasteiger partial charge < -0.3 is 56.8 Å². The number of ether oxygens (including phenoxy) is 12. The molecule has 0 N–H and O–H groups in total. The Labute approximate surface area is 670 Å². The van der Waals surface area contributed by atoms with Crippen LogP contribution in [0.3, 0.4) is 0 Å². The van der Waals surface area contributed by atoms with E-state index in [2.05, 4.69) is 94.7 Å². The van der Waals surface area contributed by atoms with Crippen LogP contribution < -0.4 is 37.9 Å². The lowest BCUT2D eigenvalue weighted by molar-refractivity contribution is 0.0591. The molecule has 0 fully saturated rings. The van der Waals surface area contributed by atoms with Gasteiger partial charge in [0.05, 0.1) is 104 Å². The highest BCUT2D eigenvalue weighted by Gasteiger charge is 2.16. The van der Waals surface area contributed by atoms with E-state index in [1.165, 1.54) is 28.4 Å². The quantitative estimate of drug-likeness (QED) is 0.107. The predicted molar refractivity (Wildman–Crippen MR) is 442 cm³/mol. The van der Waals surface area contributed by atoms with Crippen molar-refractivity contribution < 1.29 is 76.0 Å². The lowest BCUT2D eigenvalue weighted by atomic mass is 10.1. The summed E-state index contributed by atoms with van der Waals surface area (Å²) in [6.45, 7) is 4.48. The average molecular weight is 1530 g/mol. The third-order valence-corrected chi connectivity index (χ3v) is 17.9. The van der Waals surface area contributed by atoms with Crippen molar-refractivity contribution in [3.05, 3.63) is 95.1 Å². The van der Waals surface area contributed by atoms with E-state index in [-0.39, 0.29) is 0 Å². The molecule has 16 heteroatoms. The molecule has 0 radical (unpaired) electrons. The first-order valence-corrected chi connectivity index (χ1v) is 41.0. The molecule has 2 aliphatic heterocycles. The Morgan fingerprint density at radius 2 is 0.321 bits per heavy atom. The van der Waals surface area contributed by atoms with Crippen LogP contribution in [-0.4, -0.2) is 105 Å². The maximum absolute atomic E-state index is 12.3. The Kier molecular flexibility index (Phi) is 52.1. The first kappa shape index (κ1) is 92.2. The van der Waals surface area contributed by atoms with Crippen LogP contribution in [0.5, 0.6) is 46.0 Å².